The van der Waals surface area contributed by atoms with Gasteiger partial charge in [-0.25, -0.2) is 0 Å². The van der Waals surface area contributed by atoms with E-state index in [1.807, 2.05) is 60.7 Å². The van der Waals surface area contributed by atoms with E-state index in [-0.39, 0.29) is 17.3 Å². The summed E-state index contributed by atoms with van der Waals surface area (Å²) in [6, 6.07) is 29.6. The van der Waals surface area contributed by atoms with Crippen molar-refractivity contribution < 1.29 is 23.8 Å². The number of methoxy groups -OCH3 is 1. The van der Waals surface area contributed by atoms with Crippen LogP contribution in [0.15, 0.2) is 103 Å². The summed E-state index contributed by atoms with van der Waals surface area (Å²) in [6.45, 7) is 2.35. The number of aryl methyl sites for hydroxylation is 1. The maximum atomic E-state index is 13.5. The first-order valence-electron chi connectivity index (χ1n) is 13.1. The average Bonchev–Trinajstić information content (AvgIpc) is 3.00. The van der Waals surface area contributed by atoms with Crippen LogP contribution in [0.2, 0.25) is 0 Å². The Morgan fingerprint density at radius 1 is 0.854 bits per heavy atom. The van der Waals surface area contributed by atoms with Crippen molar-refractivity contribution in [1.29, 1.82) is 0 Å². The first-order chi connectivity index (χ1) is 19.9. The van der Waals surface area contributed by atoms with E-state index in [4.69, 9.17) is 26.4 Å². The maximum absolute atomic E-state index is 13.5. The van der Waals surface area contributed by atoms with E-state index in [2.05, 4.69) is 12.2 Å². The van der Waals surface area contributed by atoms with Gasteiger partial charge in [0, 0.05) is 5.56 Å². The highest BCUT2D eigenvalue weighted by atomic mass is 32.1. The Morgan fingerprint density at radius 3 is 2.22 bits per heavy atom. The van der Waals surface area contributed by atoms with Crippen molar-refractivity contribution in [2.24, 2.45) is 0 Å². The molecule has 1 saturated heterocycles. The summed E-state index contributed by atoms with van der Waals surface area (Å²) in [4.78, 5) is 27.7. The van der Waals surface area contributed by atoms with Gasteiger partial charge >= 0.3 is 0 Å². The highest BCUT2D eigenvalue weighted by molar-refractivity contribution is 7.80. The van der Waals surface area contributed by atoms with Crippen molar-refractivity contribution in [2.45, 2.75) is 20.0 Å². The zero-order valence-electron chi connectivity index (χ0n) is 22.6. The van der Waals surface area contributed by atoms with Crippen molar-refractivity contribution in [3.8, 4) is 23.0 Å². The number of ether oxygens (including phenoxy) is 3. The lowest BCUT2D eigenvalue weighted by molar-refractivity contribution is -0.122. The fourth-order valence-corrected chi connectivity index (χ4v) is 4.61. The molecule has 0 atom stereocenters. The Labute approximate surface area is 244 Å². The van der Waals surface area contributed by atoms with Crippen LogP contribution in [-0.2, 0) is 22.6 Å². The normalized spacial score (nSPS) is 14.1. The zero-order chi connectivity index (χ0) is 28.8. The molecule has 1 N–H and O–H groups in total. The van der Waals surface area contributed by atoms with Gasteiger partial charge in [0.25, 0.3) is 11.8 Å². The van der Waals surface area contributed by atoms with Crippen LogP contribution < -0.4 is 24.4 Å². The van der Waals surface area contributed by atoms with Crippen molar-refractivity contribution in [1.82, 2.24) is 5.32 Å². The number of benzene rings is 4. The molecule has 8 heteroatoms. The second kappa shape index (κ2) is 12.5. The minimum Gasteiger partial charge on any atom is -0.496 e. The summed E-state index contributed by atoms with van der Waals surface area (Å²) < 4.78 is 17.3. The molecule has 4 aromatic carbocycles. The number of amides is 2. The molecule has 206 valence electrons. The van der Waals surface area contributed by atoms with Gasteiger partial charge in [0.15, 0.2) is 5.11 Å². The quantitative estimate of drug-likeness (QED) is 0.143. The van der Waals surface area contributed by atoms with Crippen LogP contribution >= 0.6 is 12.2 Å². The van der Waals surface area contributed by atoms with Gasteiger partial charge in [0.1, 0.15) is 35.2 Å². The van der Waals surface area contributed by atoms with Gasteiger partial charge in [-0.15, -0.1) is 0 Å². The summed E-state index contributed by atoms with van der Waals surface area (Å²) in [5.41, 5.74) is 3.10. The summed E-state index contributed by atoms with van der Waals surface area (Å²) >= 11 is 5.35. The minimum absolute atomic E-state index is 0.00629. The molecule has 2 amide bonds. The average molecular weight is 565 g/mol. The molecule has 0 unspecified atom stereocenters. The number of hydrogen-bond donors (Lipinski definition) is 1. The Hall–Kier alpha value is -4.95. The number of rotatable bonds is 9. The second-order valence-electron chi connectivity index (χ2n) is 9.22. The molecule has 5 rings (SSSR count). The van der Waals surface area contributed by atoms with E-state index in [0.29, 0.717) is 28.5 Å². The molecule has 41 heavy (non-hydrogen) atoms. The van der Waals surface area contributed by atoms with E-state index in [1.165, 1.54) is 16.5 Å². The molecule has 0 bridgehead atoms. The molecular weight excluding hydrogens is 536 g/mol. The van der Waals surface area contributed by atoms with Gasteiger partial charge in [0.2, 0.25) is 0 Å². The summed E-state index contributed by atoms with van der Waals surface area (Å²) in [5.74, 6) is 1.58. The third kappa shape index (κ3) is 6.45. The lowest BCUT2D eigenvalue weighted by Gasteiger charge is -2.29. The van der Waals surface area contributed by atoms with Gasteiger partial charge < -0.3 is 14.2 Å². The van der Waals surface area contributed by atoms with E-state index < -0.39 is 11.8 Å². The molecular formula is C33H28N2O5S. The first kappa shape index (κ1) is 27.6. The maximum Gasteiger partial charge on any atom is 0.270 e. The van der Waals surface area contributed by atoms with Gasteiger partial charge in [0.05, 0.1) is 12.8 Å². The number of hydrogen-bond acceptors (Lipinski definition) is 6. The monoisotopic (exact) mass is 564 g/mol. The number of nitrogens with zero attached hydrogens (tertiary/aromatic N) is 1. The van der Waals surface area contributed by atoms with Crippen molar-refractivity contribution >= 4 is 40.9 Å². The van der Waals surface area contributed by atoms with Crippen LogP contribution in [0.25, 0.3) is 6.08 Å². The smallest absolute Gasteiger partial charge is 0.270 e. The summed E-state index contributed by atoms with van der Waals surface area (Å²) in [7, 11) is 1.58. The predicted octanol–water partition coefficient (Wildman–Crippen LogP) is 6.46. The highest BCUT2D eigenvalue weighted by Gasteiger charge is 2.34. The lowest BCUT2D eigenvalue weighted by atomic mass is 10.0. The SMILES string of the molecule is CCc1ccc(OCc2cc(/C=C3\C(=O)NC(=S)N(c4ccc(Oc5ccccc5)cc4)C3=O)ccc2OC)cc1. The number of carbonyl (C=O) groups excluding carboxylic acids is 2. The van der Waals surface area contributed by atoms with Crippen LogP contribution in [0.3, 0.4) is 0 Å². The zero-order valence-corrected chi connectivity index (χ0v) is 23.4. The van der Waals surface area contributed by atoms with E-state index in [1.54, 1.807) is 43.5 Å². The minimum atomic E-state index is -0.565. The third-order valence-corrected chi connectivity index (χ3v) is 6.80. The molecule has 7 nitrogen and oxygen atoms in total. The Morgan fingerprint density at radius 2 is 1.54 bits per heavy atom. The topological polar surface area (TPSA) is 77.1 Å². The van der Waals surface area contributed by atoms with Crippen molar-refractivity contribution in [2.75, 3.05) is 12.0 Å². The lowest BCUT2D eigenvalue weighted by Crippen LogP contribution is -2.54. The molecule has 0 radical (unpaired) electrons. The summed E-state index contributed by atoms with van der Waals surface area (Å²) in [6.07, 6.45) is 2.49. The van der Waals surface area contributed by atoms with Gasteiger partial charge in [-0.05, 0) is 96.5 Å². The first-order valence-corrected chi connectivity index (χ1v) is 13.5. The van der Waals surface area contributed by atoms with E-state index >= 15 is 0 Å². The molecule has 1 fully saturated rings. The van der Waals surface area contributed by atoms with Crippen molar-refractivity contribution in [3.63, 3.8) is 0 Å². The number of thiocarbonyl (C=S) groups is 1. The number of carbonyl (C=O) groups is 2. The molecule has 0 spiro atoms. The van der Waals surface area contributed by atoms with Crippen molar-refractivity contribution in [3.05, 3.63) is 119 Å². The number of nitrogens with one attached hydrogen (secondary N) is 1. The molecule has 0 aliphatic carbocycles. The fourth-order valence-electron chi connectivity index (χ4n) is 4.33. The van der Waals surface area contributed by atoms with Crippen LogP contribution in [0.4, 0.5) is 5.69 Å². The fraction of sp³-hybridized carbons (Fsp3) is 0.121. The molecule has 1 aliphatic heterocycles. The number of anilines is 1. The largest absolute Gasteiger partial charge is 0.496 e. The molecule has 0 saturated carbocycles. The number of para-hydroxylation sites is 1. The van der Waals surface area contributed by atoms with Gasteiger partial charge in [-0.1, -0.05) is 43.3 Å². The predicted molar refractivity (Wildman–Crippen MR) is 162 cm³/mol. The van der Waals surface area contributed by atoms with Crippen LogP contribution in [0.1, 0.15) is 23.6 Å². The van der Waals surface area contributed by atoms with Crippen LogP contribution in [0, 0.1) is 0 Å². The van der Waals surface area contributed by atoms with E-state index in [0.717, 1.165) is 17.7 Å². The van der Waals surface area contributed by atoms with Crippen LogP contribution in [0.5, 0.6) is 23.0 Å². The molecule has 4 aromatic rings. The third-order valence-electron chi connectivity index (χ3n) is 6.52. The van der Waals surface area contributed by atoms with Crippen LogP contribution in [-0.4, -0.2) is 24.0 Å². The Kier molecular flexibility index (Phi) is 8.41. The summed E-state index contributed by atoms with van der Waals surface area (Å²) in [5, 5.41) is 2.63. The van der Waals surface area contributed by atoms with Gasteiger partial charge in [-0.3, -0.25) is 19.8 Å². The second-order valence-corrected chi connectivity index (χ2v) is 9.61. The molecule has 1 aliphatic rings. The molecule has 0 aromatic heterocycles. The highest BCUT2D eigenvalue weighted by Crippen LogP contribution is 2.28. The Balaban J connectivity index is 1.36. The van der Waals surface area contributed by atoms with Gasteiger partial charge in [-0.2, -0.15) is 0 Å². The standard InChI is InChI=1S/C33H28N2O5S/c1-3-22-9-14-26(15-10-22)39-21-24-19-23(11-18-30(24)38-2)20-29-31(36)34-33(41)35(32(29)37)25-12-16-28(17-13-25)40-27-7-5-4-6-8-27/h4-20H,3,21H2,1-2H3,(H,34,36,41)/b29-20+. The Bertz CT molecular complexity index is 1600. The molecule has 1 heterocycles. The van der Waals surface area contributed by atoms with E-state index in [9.17, 15) is 9.59 Å².